The number of hydrogen-bond acceptors (Lipinski definition) is 2. The second kappa shape index (κ2) is 6.01. The van der Waals surface area contributed by atoms with E-state index in [-0.39, 0.29) is 0 Å². The summed E-state index contributed by atoms with van der Waals surface area (Å²) in [4.78, 5) is 0. The fraction of sp³-hybridized carbons (Fsp3) is 0.333. The standard InChI is InChI=1S/C12H17N2O2P/c15-17(16-12-8-4-3-5-9-12)13-10-6-1-2-7-11-14-17/h1-5,8-9H,6-7,10-11H2,(H2,13,14,15)/b2-1-. The second-order valence-electron chi connectivity index (χ2n) is 3.82. The molecule has 1 aromatic carbocycles. The largest absolute Gasteiger partial charge is 0.422 e. The molecule has 2 N–H and O–H groups in total. The fourth-order valence-electron chi connectivity index (χ4n) is 1.58. The molecular weight excluding hydrogens is 235 g/mol. The molecule has 0 amide bonds. The quantitative estimate of drug-likeness (QED) is 0.627. The van der Waals surface area contributed by atoms with E-state index in [1.165, 1.54) is 0 Å². The highest BCUT2D eigenvalue weighted by molar-refractivity contribution is 7.55. The third-order valence-electron chi connectivity index (χ3n) is 2.41. The van der Waals surface area contributed by atoms with Gasteiger partial charge < -0.3 is 4.52 Å². The Balaban J connectivity index is 2.03. The second-order valence-corrected chi connectivity index (χ2v) is 5.74. The summed E-state index contributed by atoms with van der Waals surface area (Å²) in [5.74, 6) is 0.614. The molecule has 0 unspecified atom stereocenters. The molecule has 1 aliphatic rings. The van der Waals surface area contributed by atoms with Crippen LogP contribution in [0, 0.1) is 0 Å². The van der Waals surface area contributed by atoms with Crippen LogP contribution in [-0.2, 0) is 4.57 Å². The van der Waals surface area contributed by atoms with Crippen molar-refractivity contribution in [3.8, 4) is 5.75 Å². The zero-order valence-electron chi connectivity index (χ0n) is 9.63. The Labute approximate surface area is 102 Å². The average molecular weight is 252 g/mol. The topological polar surface area (TPSA) is 50.4 Å². The van der Waals surface area contributed by atoms with Gasteiger partial charge in [0, 0.05) is 13.1 Å². The highest BCUT2D eigenvalue weighted by Crippen LogP contribution is 2.38. The summed E-state index contributed by atoms with van der Waals surface area (Å²) >= 11 is 0. The van der Waals surface area contributed by atoms with Gasteiger partial charge in [0.15, 0.2) is 0 Å². The van der Waals surface area contributed by atoms with Crippen LogP contribution in [0.5, 0.6) is 5.75 Å². The van der Waals surface area contributed by atoms with Gasteiger partial charge in [0.25, 0.3) is 0 Å². The molecular formula is C12H17N2O2P. The zero-order valence-corrected chi connectivity index (χ0v) is 10.5. The first-order chi connectivity index (χ1) is 8.29. The van der Waals surface area contributed by atoms with Crippen molar-refractivity contribution in [2.75, 3.05) is 13.1 Å². The summed E-state index contributed by atoms with van der Waals surface area (Å²) in [5.41, 5.74) is 0. The van der Waals surface area contributed by atoms with E-state index < -0.39 is 7.67 Å². The van der Waals surface area contributed by atoms with E-state index in [4.69, 9.17) is 4.52 Å². The van der Waals surface area contributed by atoms with Crippen molar-refractivity contribution in [2.45, 2.75) is 12.8 Å². The van der Waals surface area contributed by atoms with Crippen LogP contribution in [0.1, 0.15) is 12.8 Å². The Morgan fingerprint density at radius 3 is 2.18 bits per heavy atom. The van der Waals surface area contributed by atoms with E-state index in [2.05, 4.69) is 22.3 Å². The van der Waals surface area contributed by atoms with Crippen LogP contribution in [0.4, 0.5) is 0 Å². The van der Waals surface area contributed by atoms with E-state index in [0.29, 0.717) is 18.8 Å². The van der Waals surface area contributed by atoms with Gasteiger partial charge in [0.1, 0.15) is 5.75 Å². The Morgan fingerprint density at radius 1 is 1.00 bits per heavy atom. The average Bonchev–Trinajstić information content (AvgIpc) is 2.43. The molecule has 0 radical (unpaired) electrons. The molecule has 5 heteroatoms. The summed E-state index contributed by atoms with van der Waals surface area (Å²) in [6.07, 6.45) is 5.91. The molecule has 1 aromatic rings. The van der Waals surface area contributed by atoms with Gasteiger partial charge in [-0.25, -0.2) is 14.7 Å². The maximum absolute atomic E-state index is 12.5. The van der Waals surface area contributed by atoms with Crippen molar-refractivity contribution in [3.05, 3.63) is 42.5 Å². The van der Waals surface area contributed by atoms with Crippen molar-refractivity contribution < 1.29 is 9.09 Å². The lowest BCUT2D eigenvalue weighted by atomic mass is 10.3. The van der Waals surface area contributed by atoms with Gasteiger partial charge in [0.05, 0.1) is 0 Å². The van der Waals surface area contributed by atoms with E-state index >= 15 is 0 Å². The summed E-state index contributed by atoms with van der Waals surface area (Å²) in [7, 11) is -2.97. The summed E-state index contributed by atoms with van der Waals surface area (Å²) in [5, 5.41) is 5.91. The van der Waals surface area contributed by atoms with Gasteiger partial charge in [-0.3, -0.25) is 0 Å². The van der Waals surface area contributed by atoms with Crippen LogP contribution in [0.3, 0.4) is 0 Å². The van der Waals surface area contributed by atoms with Crippen LogP contribution in [0.25, 0.3) is 0 Å². The lowest BCUT2D eigenvalue weighted by Crippen LogP contribution is -2.26. The molecule has 92 valence electrons. The predicted octanol–water partition coefficient (Wildman–Crippen LogP) is 2.70. The third kappa shape index (κ3) is 4.00. The first-order valence-electron chi connectivity index (χ1n) is 5.78. The summed E-state index contributed by atoms with van der Waals surface area (Å²) < 4.78 is 18.0. The SMILES string of the molecule is O=P1(Oc2ccccc2)NCC/C=C\CCN1. The minimum Gasteiger partial charge on any atom is -0.422 e. The highest BCUT2D eigenvalue weighted by atomic mass is 31.2. The Hall–Kier alpha value is -1.09. The lowest BCUT2D eigenvalue weighted by Gasteiger charge is -2.20. The molecule has 1 aliphatic heterocycles. The molecule has 1 heterocycles. The van der Waals surface area contributed by atoms with Crippen LogP contribution < -0.4 is 14.7 Å². The Kier molecular flexibility index (Phi) is 4.37. The minimum absolute atomic E-state index is 0.614. The zero-order chi connectivity index (χ0) is 12.0. The highest BCUT2D eigenvalue weighted by Gasteiger charge is 2.23. The number of hydrogen-bond donors (Lipinski definition) is 2. The van der Waals surface area contributed by atoms with Gasteiger partial charge in [-0.1, -0.05) is 30.4 Å². The molecule has 0 saturated heterocycles. The maximum Gasteiger partial charge on any atom is 0.390 e. The lowest BCUT2D eigenvalue weighted by molar-refractivity contribution is 0.453. The van der Waals surface area contributed by atoms with E-state index in [1.807, 2.05) is 18.2 Å². The van der Waals surface area contributed by atoms with Crippen LogP contribution in [0.15, 0.2) is 42.5 Å². The molecule has 0 fully saturated rings. The maximum atomic E-state index is 12.5. The first-order valence-corrected chi connectivity index (χ1v) is 7.41. The third-order valence-corrected chi connectivity index (χ3v) is 4.15. The van der Waals surface area contributed by atoms with Gasteiger partial charge >= 0.3 is 7.67 Å². The smallest absolute Gasteiger partial charge is 0.390 e. The minimum atomic E-state index is -2.97. The number of para-hydroxylation sites is 1. The van der Waals surface area contributed by atoms with E-state index in [0.717, 1.165) is 12.8 Å². The number of rotatable bonds is 2. The normalized spacial score (nSPS) is 21.9. The summed E-state index contributed by atoms with van der Waals surface area (Å²) in [6.45, 7) is 1.29. The first kappa shape index (κ1) is 12.4. The Bertz CT molecular complexity index is 404. The van der Waals surface area contributed by atoms with Crippen LogP contribution in [0.2, 0.25) is 0 Å². The van der Waals surface area contributed by atoms with E-state index in [9.17, 15) is 4.57 Å². The molecule has 0 spiro atoms. The number of benzene rings is 1. The molecule has 2 rings (SSSR count). The van der Waals surface area contributed by atoms with Crippen molar-refractivity contribution >= 4 is 7.67 Å². The predicted molar refractivity (Wildman–Crippen MR) is 69.1 cm³/mol. The molecule has 4 nitrogen and oxygen atoms in total. The van der Waals surface area contributed by atoms with Gasteiger partial charge in [0.2, 0.25) is 0 Å². The molecule has 0 atom stereocenters. The van der Waals surface area contributed by atoms with E-state index in [1.54, 1.807) is 12.1 Å². The van der Waals surface area contributed by atoms with Crippen LogP contribution in [-0.4, -0.2) is 13.1 Å². The van der Waals surface area contributed by atoms with Gasteiger partial charge in [-0.05, 0) is 25.0 Å². The monoisotopic (exact) mass is 252 g/mol. The molecule has 0 bridgehead atoms. The van der Waals surface area contributed by atoms with Crippen molar-refractivity contribution in [2.24, 2.45) is 0 Å². The van der Waals surface area contributed by atoms with Crippen molar-refractivity contribution in [1.82, 2.24) is 10.2 Å². The molecule has 17 heavy (non-hydrogen) atoms. The van der Waals surface area contributed by atoms with Crippen molar-refractivity contribution in [3.63, 3.8) is 0 Å². The van der Waals surface area contributed by atoms with Gasteiger partial charge in [-0.2, -0.15) is 0 Å². The van der Waals surface area contributed by atoms with Crippen LogP contribution >= 0.6 is 7.67 Å². The molecule has 0 saturated carbocycles. The Morgan fingerprint density at radius 2 is 1.59 bits per heavy atom. The molecule has 0 aliphatic carbocycles. The van der Waals surface area contributed by atoms with Gasteiger partial charge in [-0.15, -0.1) is 0 Å². The molecule has 0 aromatic heterocycles. The van der Waals surface area contributed by atoms with Crippen molar-refractivity contribution in [1.29, 1.82) is 0 Å². The summed E-state index contributed by atoms with van der Waals surface area (Å²) in [6, 6.07) is 9.22. The number of nitrogens with one attached hydrogen (secondary N) is 2. The fourth-order valence-corrected chi connectivity index (χ4v) is 3.08.